The molecule has 1 saturated carbocycles. The summed E-state index contributed by atoms with van der Waals surface area (Å²) in [6, 6.07) is 10.6. The molecule has 122 valence electrons. The molecule has 1 aliphatic heterocycles. The van der Waals surface area contributed by atoms with Crippen molar-refractivity contribution in [2.75, 3.05) is 32.8 Å². The fourth-order valence-electron chi connectivity index (χ4n) is 3.53. The number of hydrogen-bond donors (Lipinski definition) is 0. The predicted molar refractivity (Wildman–Crippen MR) is 89.0 cm³/mol. The molecule has 0 bridgehead atoms. The van der Waals surface area contributed by atoms with E-state index in [1.54, 1.807) is 0 Å². The van der Waals surface area contributed by atoms with Crippen molar-refractivity contribution in [2.45, 2.75) is 50.7 Å². The Morgan fingerprint density at radius 2 is 1.82 bits per heavy atom. The molecule has 3 rings (SSSR count). The molecule has 1 heterocycles. The topological polar surface area (TPSA) is 21.7 Å². The molecule has 1 unspecified atom stereocenters. The van der Waals surface area contributed by atoms with E-state index in [-0.39, 0.29) is 6.10 Å². The second-order valence-electron chi connectivity index (χ2n) is 6.56. The molecule has 0 spiro atoms. The predicted octanol–water partition coefficient (Wildman–Crippen LogP) is 3.80. The van der Waals surface area contributed by atoms with Gasteiger partial charge in [-0.1, -0.05) is 56.0 Å². The Kier molecular flexibility index (Phi) is 6.29. The number of rotatable bonds is 5. The monoisotopic (exact) mass is 303 g/mol. The molecule has 1 aromatic carbocycles. The van der Waals surface area contributed by atoms with Crippen LogP contribution < -0.4 is 0 Å². The SMILES string of the molecule is c1ccc(C2CN(CCOC3CCCCCC3)CCO2)cc1. The van der Waals surface area contributed by atoms with Crippen LogP contribution >= 0.6 is 0 Å². The second-order valence-corrected chi connectivity index (χ2v) is 6.56. The van der Waals surface area contributed by atoms with Crippen LogP contribution in [0.2, 0.25) is 0 Å². The normalized spacial score (nSPS) is 25.0. The van der Waals surface area contributed by atoms with Gasteiger partial charge in [0.25, 0.3) is 0 Å². The van der Waals surface area contributed by atoms with E-state index >= 15 is 0 Å². The summed E-state index contributed by atoms with van der Waals surface area (Å²) in [5, 5.41) is 0. The molecule has 0 aromatic heterocycles. The molecule has 1 aliphatic carbocycles. The van der Waals surface area contributed by atoms with Crippen molar-refractivity contribution in [1.82, 2.24) is 4.90 Å². The van der Waals surface area contributed by atoms with Crippen molar-refractivity contribution in [3.63, 3.8) is 0 Å². The fourth-order valence-corrected chi connectivity index (χ4v) is 3.53. The van der Waals surface area contributed by atoms with Crippen LogP contribution in [0, 0.1) is 0 Å². The Labute approximate surface area is 134 Å². The van der Waals surface area contributed by atoms with E-state index in [4.69, 9.17) is 9.47 Å². The largest absolute Gasteiger partial charge is 0.377 e. The maximum atomic E-state index is 6.12. The molecular weight excluding hydrogens is 274 g/mol. The van der Waals surface area contributed by atoms with Crippen molar-refractivity contribution in [3.8, 4) is 0 Å². The van der Waals surface area contributed by atoms with Gasteiger partial charge in [-0.2, -0.15) is 0 Å². The lowest BCUT2D eigenvalue weighted by Gasteiger charge is -2.33. The van der Waals surface area contributed by atoms with Crippen molar-refractivity contribution < 1.29 is 9.47 Å². The maximum absolute atomic E-state index is 6.12. The van der Waals surface area contributed by atoms with Gasteiger partial charge in [-0.3, -0.25) is 4.90 Å². The van der Waals surface area contributed by atoms with Crippen LogP contribution in [0.1, 0.15) is 50.2 Å². The van der Waals surface area contributed by atoms with Crippen LogP contribution in [0.4, 0.5) is 0 Å². The van der Waals surface area contributed by atoms with Crippen LogP contribution in [0.5, 0.6) is 0 Å². The zero-order valence-electron chi connectivity index (χ0n) is 13.6. The molecule has 1 atom stereocenters. The minimum absolute atomic E-state index is 0.216. The van der Waals surface area contributed by atoms with E-state index < -0.39 is 0 Å². The van der Waals surface area contributed by atoms with Crippen LogP contribution in [0.3, 0.4) is 0 Å². The number of benzene rings is 1. The van der Waals surface area contributed by atoms with Gasteiger partial charge < -0.3 is 9.47 Å². The summed E-state index contributed by atoms with van der Waals surface area (Å²) >= 11 is 0. The second kappa shape index (κ2) is 8.66. The van der Waals surface area contributed by atoms with Crippen LogP contribution in [0.15, 0.2) is 30.3 Å². The van der Waals surface area contributed by atoms with Crippen molar-refractivity contribution in [1.29, 1.82) is 0 Å². The Bertz CT molecular complexity index is 415. The zero-order chi connectivity index (χ0) is 15.0. The minimum Gasteiger partial charge on any atom is -0.377 e. The van der Waals surface area contributed by atoms with E-state index in [0.29, 0.717) is 6.10 Å². The first kappa shape index (κ1) is 16.0. The highest BCUT2D eigenvalue weighted by atomic mass is 16.5. The van der Waals surface area contributed by atoms with Gasteiger partial charge in [0.2, 0.25) is 0 Å². The standard InChI is InChI=1S/C19H29NO2/c1-2-7-11-18(10-6-1)21-14-12-20-13-15-22-19(16-20)17-8-4-3-5-9-17/h3-5,8-9,18-19H,1-2,6-7,10-16H2. The summed E-state index contributed by atoms with van der Waals surface area (Å²) < 4.78 is 12.0. The molecule has 0 radical (unpaired) electrons. The van der Waals surface area contributed by atoms with Gasteiger partial charge >= 0.3 is 0 Å². The molecular formula is C19H29NO2. The average Bonchev–Trinajstić information content (AvgIpc) is 2.85. The van der Waals surface area contributed by atoms with E-state index in [0.717, 1.165) is 32.8 Å². The lowest BCUT2D eigenvalue weighted by atomic mass is 10.1. The van der Waals surface area contributed by atoms with Crippen LogP contribution in [0.25, 0.3) is 0 Å². The molecule has 2 fully saturated rings. The molecule has 1 saturated heterocycles. The van der Waals surface area contributed by atoms with Crippen LogP contribution in [-0.4, -0.2) is 43.9 Å². The first-order chi connectivity index (χ1) is 10.9. The highest BCUT2D eigenvalue weighted by molar-refractivity contribution is 5.18. The zero-order valence-corrected chi connectivity index (χ0v) is 13.6. The Morgan fingerprint density at radius 1 is 1.05 bits per heavy atom. The van der Waals surface area contributed by atoms with Crippen molar-refractivity contribution >= 4 is 0 Å². The Morgan fingerprint density at radius 3 is 2.59 bits per heavy atom. The molecule has 3 heteroatoms. The van der Waals surface area contributed by atoms with Gasteiger partial charge in [-0.15, -0.1) is 0 Å². The van der Waals surface area contributed by atoms with E-state index in [2.05, 4.69) is 35.2 Å². The first-order valence-electron chi connectivity index (χ1n) is 8.92. The van der Waals surface area contributed by atoms with Crippen molar-refractivity contribution in [3.05, 3.63) is 35.9 Å². The molecule has 22 heavy (non-hydrogen) atoms. The highest BCUT2D eigenvalue weighted by Crippen LogP contribution is 2.22. The third-order valence-electron chi connectivity index (χ3n) is 4.89. The smallest absolute Gasteiger partial charge is 0.0952 e. The maximum Gasteiger partial charge on any atom is 0.0952 e. The molecule has 0 N–H and O–H groups in total. The summed E-state index contributed by atoms with van der Waals surface area (Å²) in [6.07, 6.45) is 8.72. The molecule has 3 nitrogen and oxygen atoms in total. The summed E-state index contributed by atoms with van der Waals surface area (Å²) in [4.78, 5) is 2.48. The van der Waals surface area contributed by atoms with Gasteiger partial charge in [-0.25, -0.2) is 0 Å². The molecule has 0 amide bonds. The Balaban J connectivity index is 1.41. The van der Waals surface area contributed by atoms with E-state index in [1.165, 1.54) is 44.1 Å². The van der Waals surface area contributed by atoms with Gasteiger partial charge in [0, 0.05) is 19.6 Å². The number of hydrogen-bond acceptors (Lipinski definition) is 3. The first-order valence-corrected chi connectivity index (χ1v) is 8.92. The van der Waals surface area contributed by atoms with Crippen LogP contribution in [-0.2, 0) is 9.47 Å². The van der Waals surface area contributed by atoms with Gasteiger partial charge in [0.15, 0.2) is 0 Å². The number of ether oxygens (including phenoxy) is 2. The van der Waals surface area contributed by atoms with E-state index in [9.17, 15) is 0 Å². The quantitative estimate of drug-likeness (QED) is 0.772. The number of morpholine rings is 1. The highest BCUT2D eigenvalue weighted by Gasteiger charge is 2.22. The molecule has 1 aromatic rings. The van der Waals surface area contributed by atoms with Gasteiger partial charge in [-0.05, 0) is 18.4 Å². The Hall–Kier alpha value is -0.900. The molecule has 2 aliphatic rings. The summed E-state index contributed by atoms with van der Waals surface area (Å²) in [7, 11) is 0. The summed E-state index contributed by atoms with van der Waals surface area (Å²) in [6.45, 7) is 4.73. The third-order valence-corrected chi connectivity index (χ3v) is 4.89. The van der Waals surface area contributed by atoms with Gasteiger partial charge in [0.05, 0.1) is 25.4 Å². The minimum atomic E-state index is 0.216. The number of nitrogens with zero attached hydrogens (tertiary/aromatic N) is 1. The summed E-state index contributed by atoms with van der Waals surface area (Å²) in [5.74, 6) is 0. The van der Waals surface area contributed by atoms with Gasteiger partial charge in [0.1, 0.15) is 0 Å². The lowest BCUT2D eigenvalue weighted by molar-refractivity contribution is -0.0447. The fraction of sp³-hybridized carbons (Fsp3) is 0.684. The lowest BCUT2D eigenvalue weighted by Crippen LogP contribution is -2.40. The van der Waals surface area contributed by atoms with Crippen molar-refractivity contribution in [2.24, 2.45) is 0 Å². The van der Waals surface area contributed by atoms with E-state index in [1.807, 2.05) is 0 Å². The third kappa shape index (κ3) is 4.80. The summed E-state index contributed by atoms with van der Waals surface area (Å²) in [5.41, 5.74) is 1.29. The average molecular weight is 303 g/mol.